The molecular weight excluding hydrogens is 344 g/mol. The van der Waals surface area contributed by atoms with Gasteiger partial charge in [0.25, 0.3) is 5.91 Å². The van der Waals surface area contributed by atoms with Crippen molar-refractivity contribution in [3.05, 3.63) is 58.1 Å². The summed E-state index contributed by atoms with van der Waals surface area (Å²) in [5.74, 6) is -1.14. The van der Waals surface area contributed by atoms with Gasteiger partial charge in [-0.3, -0.25) is 10.1 Å². The Balaban J connectivity index is 2.01. The van der Waals surface area contributed by atoms with Gasteiger partial charge in [0.1, 0.15) is 17.7 Å². The molecule has 1 aliphatic heterocycles. The zero-order chi connectivity index (χ0) is 18.1. The lowest BCUT2D eigenvalue weighted by molar-refractivity contribution is 0.0272. The molecule has 0 aliphatic carbocycles. The third kappa shape index (κ3) is 3.16. The Morgan fingerprint density at radius 3 is 2.76 bits per heavy atom. The molecule has 0 spiro atoms. The first kappa shape index (κ1) is 17.5. The Hall–Kier alpha value is -2.28. The number of carbonyl (C=O) groups is 1. The van der Waals surface area contributed by atoms with Crippen LogP contribution >= 0.6 is 11.6 Å². The van der Waals surface area contributed by atoms with Crippen molar-refractivity contribution in [1.82, 2.24) is 10.2 Å². The highest BCUT2D eigenvalue weighted by Gasteiger charge is 2.38. The maximum atomic E-state index is 13.0. The summed E-state index contributed by atoms with van der Waals surface area (Å²) in [7, 11) is 0. The molecule has 4 N–H and O–H groups in total. The zero-order valence-corrected chi connectivity index (χ0v) is 14.4. The van der Waals surface area contributed by atoms with Gasteiger partial charge in [-0.05, 0) is 23.7 Å². The number of nitrogens with zero attached hydrogens (tertiary/aromatic N) is 1. The lowest BCUT2D eigenvalue weighted by atomic mass is 10.0. The predicted molar refractivity (Wildman–Crippen MR) is 93.5 cm³/mol. The van der Waals surface area contributed by atoms with Gasteiger partial charge in [-0.1, -0.05) is 42.8 Å². The molecule has 1 amide bonds. The molecule has 3 rings (SSSR count). The average molecular weight is 363 g/mol. The van der Waals surface area contributed by atoms with Crippen LogP contribution in [-0.4, -0.2) is 38.9 Å². The van der Waals surface area contributed by atoms with Crippen molar-refractivity contribution >= 4 is 17.5 Å². The van der Waals surface area contributed by atoms with Crippen LogP contribution in [0.15, 0.2) is 36.4 Å². The average Bonchev–Trinajstić information content (AvgIpc) is 2.97. The number of carbonyl (C=O) groups excluding carboxylic acids is 1. The number of rotatable bonds is 4. The number of halogens is 1. The van der Waals surface area contributed by atoms with Gasteiger partial charge in [0.2, 0.25) is 0 Å². The maximum Gasteiger partial charge on any atom is 0.258 e. The molecule has 7 heteroatoms. The first-order valence-electron chi connectivity index (χ1n) is 7.95. The molecule has 6 nitrogen and oxygen atoms in total. The fourth-order valence-electron chi connectivity index (χ4n) is 3.15. The number of benzene rings is 2. The molecule has 0 bridgehead atoms. The second kappa shape index (κ2) is 6.92. The van der Waals surface area contributed by atoms with Crippen molar-refractivity contribution in [3.63, 3.8) is 0 Å². The molecule has 25 heavy (non-hydrogen) atoms. The van der Waals surface area contributed by atoms with Crippen LogP contribution in [0.25, 0.3) is 0 Å². The summed E-state index contributed by atoms with van der Waals surface area (Å²) >= 11 is 5.88. The van der Waals surface area contributed by atoms with Crippen LogP contribution in [0.2, 0.25) is 5.02 Å². The molecule has 2 aromatic rings. The van der Waals surface area contributed by atoms with E-state index in [2.05, 4.69) is 5.32 Å². The van der Waals surface area contributed by atoms with E-state index >= 15 is 0 Å². The van der Waals surface area contributed by atoms with Gasteiger partial charge in [0, 0.05) is 12.6 Å². The van der Waals surface area contributed by atoms with Crippen LogP contribution in [-0.2, 0) is 6.54 Å². The summed E-state index contributed by atoms with van der Waals surface area (Å²) in [5.41, 5.74) is 1.76. The second-order valence-electron chi connectivity index (χ2n) is 5.90. The van der Waals surface area contributed by atoms with Crippen LogP contribution in [0.3, 0.4) is 0 Å². The number of hydrogen-bond donors (Lipinski definition) is 4. The van der Waals surface area contributed by atoms with Crippen LogP contribution in [0.5, 0.6) is 11.5 Å². The van der Waals surface area contributed by atoms with Crippen molar-refractivity contribution in [2.24, 2.45) is 0 Å². The normalized spacial score (nSPS) is 17.4. The summed E-state index contributed by atoms with van der Waals surface area (Å²) in [6, 6.07) is 9.18. The number of hydrogen-bond acceptors (Lipinski definition) is 5. The van der Waals surface area contributed by atoms with E-state index in [1.54, 1.807) is 0 Å². The molecule has 0 aromatic heterocycles. The fraction of sp³-hybridized carbons (Fsp3) is 0.278. The van der Waals surface area contributed by atoms with E-state index in [0.717, 1.165) is 17.2 Å². The largest absolute Gasteiger partial charge is 0.507 e. The molecule has 0 saturated carbocycles. The standard InChI is InChI=1S/C18H19ClN2O4/c1-2-20-17(24)16-11-6-4-3-5-10(11)9-21(16)18(25)12-7-13(19)15(23)8-14(12)22/h3-8,16-17,20,22-24H,2,9H2,1H3. The SMILES string of the molecule is CCNC(O)C1c2ccccc2CN1C(=O)c1cc(Cl)c(O)cc1O. The Kier molecular flexibility index (Phi) is 4.85. The topological polar surface area (TPSA) is 93.0 Å². The third-order valence-corrected chi connectivity index (χ3v) is 4.62. The minimum atomic E-state index is -0.952. The minimum Gasteiger partial charge on any atom is -0.507 e. The monoisotopic (exact) mass is 362 g/mol. The van der Waals surface area contributed by atoms with Crippen LogP contribution in [0.1, 0.15) is 34.5 Å². The van der Waals surface area contributed by atoms with Gasteiger partial charge in [-0.25, -0.2) is 0 Å². The van der Waals surface area contributed by atoms with Gasteiger partial charge in [-0.2, -0.15) is 0 Å². The molecule has 0 fully saturated rings. The number of fused-ring (bicyclic) bond motifs is 1. The maximum absolute atomic E-state index is 13.0. The minimum absolute atomic E-state index is 0.0238. The van der Waals surface area contributed by atoms with Crippen molar-refractivity contribution in [2.75, 3.05) is 6.54 Å². The third-order valence-electron chi connectivity index (χ3n) is 4.32. The van der Waals surface area contributed by atoms with Gasteiger partial charge in [0.05, 0.1) is 16.6 Å². The van der Waals surface area contributed by atoms with Crippen molar-refractivity contribution < 1.29 is 20.1 Å². The lowest BCUT2D eigenvalue weighted by Gasteiger charge is -2.30. The van der Waals surface area contributed by atoms with Gasteiger partial charge in [0.15, 0.2) is 0 Å². The molecule has 132 valence electrons. The van der Waals surface area contributed by atoms with E-state index in [-0.39, 0.29) is 22.1 Å². The highest BCUT2D eigenvalue weighted by atomic mass is 35.5. The Bertz CT molecular complexity index is 812. The number of likely N-dealkylation sites (N-methyl/N-ethyl adjacent to an activating group) is 1. The molecular formula is C18H19ClN2O4. The van der Waals surface area contributed by atoms with Gasteiger partial charge >= 0.3 is 0 Å². The number of nitrogens with one attached hydrogen (secondary N) is 1. The highest BCUT2D eigenvalue weighted by Crippen LogP contribution is 2.39. The Morgan fingerprint density at radius 1 is 1.32 bits per heavy atom. The summed E-state index contributed by atoms with van der Waals surface area (Å²) in [6.07, 6.45) is -0.952. The van der Waals surface area contributed by atoms with Gasteiger partial charge < -0.3 is 20.2 Å². The van der Waals surface area contributed by atoms with Crippen molar-refractivity contribution in [1.29, 1.82) is 0 Å². The number of aliphatic hydroxyl groups excluding tert-OH is 1. The molecule has 2 unspecified atom stereocenters. The van der Waals surface area contributed by atoms with Crippen LogP contribution in [0.4, 0.5) is 0 Å². The molecule has 2 aromatic carbocycles. The van der Waals surface area contributed by atoms with Crippen molar-refractivity contribution in [2.45, 2.75) is 25.7 Å². The number of aliphatic hydroxyl groups is 1. The summed E-state index contributed by atoms with van der Waals surface area (Å²) in [6.45, 7) is 2.71. The van der Waals surface area contributed by atoms with E-state index < -0.39 is 18.2 Å². The Labute approximate surface area is 150 Å². The molecule has 0 radical (unpaired) electrons. The second-order valence-corrected chi connectivity index (χ2v) is 6.31. The van der Waals surface area contributed by atoms with E-state index in [4.69, 9.17) is 11.6 Å². The number of phenols is 2. The van der Waals surface area contributed by atoms with E-state index in [1.165, 1.54) is 11.0 Å². The molecule has 1 aliphatic rings. The molecule has 1 heterocycles. The van der Waals surface area contributed by atoms with Gasteiger partial charge in [-0.15, -0.1) is 0 Å². The summed E-state index contributed by atoms with van der Waals surface area (Å²) in [5, 5.41) is 33.0. The first-order chi connectivity index (χ1) is 11.9. The Morgan fingerprint density at radius 2 is 2.04 bits per heavy atom. The van der Waals surface area contributed by atoms with E-state index in [1.807, 2.05) is 31.2 Å². The quantitative estimate of drug-likeness (QED) is 0.627. The number of phenolic OH excluding ortho intramolecular Hbond substituents is 2. The van der Waals surface area contributed by atoms with Crippen LogP contribution < -0.4 is 5.32 Å². The van der Waals surface area contributed by atoms with E-state index in [9.17, 15) is 20.1 Å². The smallest absolute Gasteiger partial charge is 0.258 e. The predicted octanol–water partition coefficient (Wildman–Crippen LogP) is 2.38. The number of aromatic hydroxyl groups is 2. The molecule has 2 atom stereocenters. The summed E-state index contributed by atoms with van der Waals surface area (Å²) < 4.78 is 0. The highest BCUT2D eigenvalue weighted by molar-refractivity contribution is 6.32. The summed E-state index contributed by atoms with van der Waals surface area (Å²) in [4.78, 5) is 14.5. The van der Waals surface area contributed by atoms with E-state index in [0.29, 0.717) is 13.1 Å². The lowest BCUT2D eigenvalue weighted by Crippen LogP contribution is -2.43. The number of amides is 1. The van der Waals surface area contributed by atoms with Crippen LogP contribution in [0, 0.1) is 0 Å². The zero-order valence-electron chi connectivity index (χ0n) is 13.6. The fourth-order valence-corrected chi connectivity index (χ4v) is 3.32. The first-order valence-corrected chi connectivity index (χ1v) is 8.33. The molecule has 0 saturated heterocycles. The van der Waals surface area contributed by atoms with Crippen molar-refractivity contribution in [3.8, 4) is 11.5 Å².